The Morgan fingerprint density at radius 1 is 1.50 bits per heavy atom. The summed E-state index contributed by atoms with van der Waals surface area (Å²) < 4.78 is 19.3. The molecule has 1 N–H and O–H groups in total. The molecule has 1 aliphatic heterocycles. The van der Waals surface area contributed by atoms with Crippen molar-refractivity contribution in [2.45, 2.75) is 12.8 Å². The highest BCUT2D eigenvalue weighted by molar-refractivity contribution is 5.62. The highest BCUT2D eigenvalue weighted by Crippen LogP contribution is 2.31. The molecule has 1 aliphatic rings. The number of hydrogen-bond acceptors (Lipinski definition) is 5. The van der Waals surface area contributed by atoms with E-state index < -0.39 is 10.7 Å². The standard InChI is InChI=1S/C13H12FN3O3/c1-7-10(14)2-8(3-11(7)17(18)19)12-6-16-13(20-12)9-4-15-5-9/h2-3,6,9,15H,4-5H2,1H3. The molecule has 6 nitrogen and oxygen atoms in total. The zero-order valence-corrected chi connectivity index (χ0v) is 10.7. The van der Waals surface area contributed by atoms with Gasteiger partial charge in [0.25, 0.3) is 5.69 Å². The molecule has 2 aromatic rings. The van der Waals surface area contributed by atoms with Gasteiger partial charge >= 0.3 is 0 Å². The zero-order valence-electron chi connectivity index (χ0n) is 10.7. The second-order valence-electron chi connectivity index (χ2n) is 4.78. The van der Waals surface area contributed by atoms with E-state index in [4.69, 9.17) is 4.42 Å². The van der Waals surface area contributed by atoms with Crippen LogP contribution in [0.5, 0.6) is 0 Å². The lowest BCUT2D eigenvalue weighted by Crippen LogP contribution is -2.40. The average molecular weight is 277 g/mol. The Kier molecular flexibility index (Phi) is 2.98. The summed E-state index contributed by atoms with van der Waals surface area (Å²) in [7, 11) is 0. The Morgan fingerprint density at radius 3 is 2.85 bits per heavy atom. The third-order valence-corrected chi connectivity index (χ3v) is 3.45. The molecule has 1 aromatic heterocycles. The zero-order chi connectivity index (χ0) is 14.3. The van der Waals surface area contributed by atoms with Crippen molar-refractivity contribution in [3.63, 3.8) is 0 Å². The quantitative estimate of drug-likeness (QED) is 0.688. The van der Waals surface area contributed by atoms with Gasteiger partial charge in [0, 0.05) is 24.7 Å². The molecule has 0 amide bonds. The summed E-state index contributed by atoms with van der Waals surface area (Å²) in [5.41, 5.74) is 0.0794. The first-order valence-electron chi connectivity index (χ1n) is 6.17. The van der Waals surface area contributed by atoms with Crippen molar-refractivity contribution in [1.82, 2.24) is 10.3 Å². The summed E-state index contributed by atoms with van der Waals surface area (Å²) in [6.45, 7) is 2.97. The Labute approximate surface area is 113 Å². The maximum absolute atomic E-state index is 13.8. The summed E-state index contributed by atoms with van der Waals surface area (Å²) in [6, 6.07) is 2.54. The van der Waals surface area contributed by atoms with Crippen LogP contribution in [-0.4, -0.2) is 23.0 Å². The predicted octanol–water partition coefficient (Wildman–Crippen LogP) is 2.38. The summed E-state index contributed by atoms with van der Waals surface area (Å²) in [6.07, 6.45) is 1.47. The smallest absolute Gasteiger partial charge is 0.275 e. The minimum Gasteiger partial charge on any atom is -0.440 e. The first-order chi connectivity index (χ1) is 9.56. The molecule has 1 aromatic carbocycles. The molecular weight excluding hydrogens is 265 g/mol. The Balaban J connectivity index is 2.01. The number of nitro benzene ring substituents is 1. The van der Waals surface area contributed by atoms with Crippen molar-refractivity contribution in [2.24, 2.45) is 0 Å². The number of halogens is 1. The molecule has 1 saturated heterocycles. The average Bonchev–Trinajstić information content (AvgIpc) is 2.79. The van der Waals surface area contributed by atoms with E-state index in [0.717, 1.165) is 13.1 Å². The summed E-state index contributed by atoms with van der Waals surface area (Å²) in [5, 5.41) is 14.0. The van der Waals surface area contributed by atoms with Gasteiger partial charge in [-0.2, -0.15) is 0 Å². The van der Waals surface area contributed by atoms with Gasteiger partial charge in [-0.15, -0.1) is 0 Å². The van der Waals surface area contributed by atoms with Gasteiger partial charge in [-0.05, 0) is 13.0 Å². The van der Waals surface area contributed by atoms with E-state index in [1.807, 2.05) is 0 Å². The normalized spacial score (nSPS) is 15.1. The fraction of sp³-hybridized carbons (Fsp3) is 0.308. The van der Waals surface area contributed by atoms with Crippen LogP contribution in [0.4, 0.5) is 10.1 Å². The van der Waals surface area contributed by atoms with Gasteiger partial charge in [0.1, 0.15) is 5.82 Å². The number of rotatable bonds is 3. The summed E-state index contributed by atoms with van der Waals surface area (Å²) in [4.78, 5) is 14.5. The van der Waals surface area contributed by atoms with Crippen LogP contribution in [0.15, 0.2) is 22.7 Å². The first-order valence-corrected chi connectivity index (χ1v) is 6.17. The maximum Gasteiger partial charge on any atom is 0.275 e. The van der Waals surface area contributed by atoms with Crippen LogP contribution < -0.4 is 5.32 Å². The van der Waals surface area contributed by atoms with Crippen molar-refractivity contribution in [3.8, 4) is 11.3 Å². The SMILES string of the molecule is Cc1c(F)cc(-c2cnc(C3CNC3)o2)cc1[N+](=O)[O-]. The van der Waals surface area contributed by atoms with Crippen molar-refractivity contribution in [3.05, 3.63) is 45.7 Å². The topological polar surface area (TPSA) is 81.2 Å². The third-order valence-electron chi connectivity index (χ3n) is 3.45. The summed E-state index contributed by atoms with van der Waals surface area (Å²) >= 11 is 0. The molecular formula is C13H12FN3O3. The second kappa shape index (κ2) is 4.68. The van der Waals surface area contributed by atoms with E-state index in [2.05, 4.69) is 10.3 Å². The molecule has 104 valence electrons. The van der Waals surface area contributed by atoms with Crippen LogP contribution >= 0.6 is 0 Å². The molecule has 0 radical (unpaired) electrons. The highest BCUT2D eigenvalue weighted by atomic mass is 19.1. The third kappa shape index (κ3) is 2.05. The highest BCUT2D eigenvalue weighted by Gasteiger charge is 2.25. The molecule has 0 spiro atoms. The minimum absolute atomic E-state index is 0.0154. The molecule has 20 heavy (non-hydrogen) atoms. The summed E-state index contributed by atoms with van der Waals surface area (Å²) in [5.74, 6) is 0.503. The molecule has 1 fully saturated rings. The molecule has 0 bridgehead atoms. The van der Waals surface area contributed by atoms with Crippen LogP contribution in [0.1, 0.15) is 17.4 Å². The second-order valence-corrected chi connectivity index (χ2v) is 4.78. The number of aromatic nitrogens is 1. The van der Waals surface area contributed by atoms with Gasteiger partial charge < -0.3 is 9.73 Å². The van der Waals surface area contributed by atoms with Gasteiger partial charge in [-0.3, -0.25) is 10.1 Å². The molecule has 0 unspecified atom stereocenters. The van der Waals surface area contributed by atoms with E-state index in [1.54, 1.807) is 0 Å². The van der Waals surface area contributed by atoms with Crippen LogP contribution in [0, 0.1) is 22.9 Å². The number of benzene rings is 1. The first kappa shape index (κ1) is 12.7. The lowest BCUT2D eigenvalue weighted by molar-refractivity contribution is -0.385. The van der Waals surface area contributed by atoms with Gasteiger partial charge in [0.2, 0.25) is 5.89 Å². The van der Waals surface area contributed by atoms with Crippen LogP contribution in [0.2, 0.25) is 0 Å². The van der Waals surface area contributed by atoms with Crippen molar-refractivity contribution in [1.29, 1.82) is 0 Å². The van der Waals surface area contributed by atoms with Gasteiger partial charge in [0.15, 0.2) is 5.76 Å². The maximum atomic E-state index is 13.8. The minimum atomic E-state index is -0.627. The molecule has 0 aliphatic carbocycles. The lowest BCUT2D eigenvalue weighted by Gasteiger charge is -2.23. The predicted molar refractivity (Wildman–Crippen MR) is 68.9 cm³/mol. The number of hydrogen-bond donors (Lipinski definition) is 1. The fourth-order valence-electron chi connectivity index (χ4n) is 2.07. The van der Waals surface area contributed by atoms with Crippen LogP contribution in [0.25, 0.3) is 11.3 Å². The van der Waals surface area contributed by atoms with Crippen molar-refractivity contribution >= 4 is 5.69 Å². The Hall–Kier alpha value is -2.28. The van der Waals surface area contributed by atoms with E-state index in [1.165, 1.54) is 25.3 Å². The number of oxazole rings is 1. The van der Waals surface area contributed by atoms with Crippen LogP contribution in [0.3, 0.4) is 0 Å². The number of nitro groups is 1. The van der Waals surface area contributed by atoms with E-state index in [-0.39, 0.29) is 17.2 Å². The Bertz CT molecular complexity index is 679. The largest absolute Gasteiger partial charge is 0.440 e. The van der Waals surface area contributed by atoms with Crippen molar-refractivity contribution in [2.75, 3.05) is 13.1 Å². The number of nitrogens with one attached hydrogen (secondary N) is 1. The monoisotopic (exact) mass is 277 g/mol. The molecule has 0 saturated carbocycles. The molecule has 7 heteroatoms. The van der Waals surface area contributed by atoms with E-state index in [9.17, 15) is 14.5 Å². The van der Waals surface area contributed by atoms with Gasteiger partial charge in [-0.1, -0.05) is 0 Å². The fourth-order valence-corrected chi connectivity index (χ4v) is 2.07. The van der Waals surface area contributed by atoms with Gasteiger partial charge in [0.05, 0.1) is 22.6 Å². The molecule has 0 atom stereocenters. The molecule has 3 rings (SSSR count). The lowest BCUT2D eigenvalue weighted by atomic mass is 10.0. The van der Waals surface area contributed by atoms with Gasteiger partial charge in [-0.25, -0.2) is 9.37 Å². The Morgan fingerprint density at radius 2 is 2.25 bits per heavy atom. The van der Waals surface area contributed by atoms with E-state index in [0.29, 0.717) is 17.2 Å². The van der Waals surface area contributed by atoms with Crippen molar-refractivity contribution < 1.29 is 13.7 Å². The van der Waals surface area contributed by atoms with E-state index >= 15 is 0 Å². The van der Waals surface area contributed by atoms with Crippen LogP contribution in [-0.2, 0) is 0 Å². The molecule has 2 heterocycles. The number of nitrogens with zero attached hydrogens (tertiary/aromatic N) is 2.